The largest absolute Gasteiger partial charge is 0.382 e. The second-order valence-corrected chi connectivity index (χ2v) is 2.77. The highest BCUT2D eigenvalue weighted by atomic mass is 35.5. The van der Waals surface area contributed by atoms with Gasteiger partial charge in [0.15, 0.2) is 0 Å². The zero-order valence-corrected chi connectivity index (χ0v) is 6.80. The highest BCUT2D eigenvalue weighted by molar-refractivity contribution is 6.30. The van der Waals surface area contributed by atoms with Crippen LogP contribution in [0.15, 0.2) is 24.3 Å². The van der Waals surface area contributed by atoms with E-state index in [9.17, 15) is 8.78 Å². The molecule has 1 atom stereocenters. The molecule has 0 amide bonds. The Morgan fingerprint density at radius 1 is 1.17 bits per heavy atom. The fourth-order valence-corrected chi connectivity index (χ4v) is 0.931. The van der Waals surface area contributed by atoms with Gasteiger partial charge in [-0.05, 0) is 17.7 Å². The van der Waals surface area contributed by atoms with Gasteiger partial charge in [0.1, 0.15) is 6.10 Å². The Balaban J connectivity index is 2.82. The predicted octanol–water partition coefficient (Wildman–Crippen LogP) is 2.64. The molecule has 0 aromatic heterocycles. The second kappa shape index (κ2) is 3.83. The van der Waals surface area contributed by atoms with Gasteiger partial charge in [-0.3, -0.25) is 0 Å². The molecule has 1 N–H and O–H groups in total. The number of halogens is 3. The molecule has 0 spiro atoms. The van der Waals surface area contributed by atoms with Crippen LogP contribution in [0.1, 0.15) is 11.7 Å². The van der Waals surface area contributed by atoms with Crippen LogP contribution < -0.4 is 0 Å². The van der Waals surface area contributed by atoms with Gasteiger partial charge >= 0.3 is 0 Å². The van der Waals surface area contributed by atoms with E-state index in [0.29, 0.717) is 5.02 Å². The van der Waals surface area contributed by atoms with E-state index in [-0.39, 0.29) is 5.56 Å². The number of aliphatic hydroxyl groups is 1. The number of rotatable bonds is 2. The lowest BCUT2D eigenvalue weighted by Gasteiger charge is -2.08. The molecule has 1 rings (SSSR count). The molecule has 0 radical (unpaired) electrons. The minimum atomic E-state index is -2.76. The van der Waals surface area contributed by atoms with Gasteiger partial charge < -0.3 is 5.11 Å². The summed E-state index contributed by atoms with van der Waals surface area (Å²) in [6.45, 7) is 0. The number of hydrogen-bond acceptors (Lipinski definition) is 1. The molecule has 0 aliphatic heterocycles. The zero-order chi connectivity index (χ0) is 9.14. The SMILES string of the molecule is OC(c1ccc(Cl)cc1)C(F)F. The molecule has 0 fully saturated rings. The van der Waals surface area contributed by atoms with Gasteiger partial charge in [-0.15, -0.1) is 0 Å². The first-order valence-corrected chi connectivity index (χ1v) is 3.70. The minimum absolute atomic E-state index is 0.175. The van der Waals surface area contributed by atoms with Crippen molar-refractivity contribution in [1.29, 1.82) is 0 Å². The topological polar surface area (TPSA) is 20.2 Å². The van der Waals surface area contributed by atoms with Crippen LogP contribution in [0.4, 0.5) is 8.78 Å². The maximum atomic E-state index is 11.9. The third kappa shape index (κ3) is 2.16. The predicted molar refractivity (Wildman–Crippen MR) is 42.4 cm³/mol. The zero-order valence-electron chi connectivity index (χ0n) is 6.05. The van der Waals surface area contributed by atoms with Crippen molar-refractivity contribution in [3.05, 3.63) is 34.9 Å². The van der Waals surface area contributed by atoms with Crippen LogP contribution in [0.3, 0.4) is 0 Å². The van der Waals surface area contributed by atoms with E-state index in [2.05, 4.69) is 0 Å². The van der Waals surface area contributed by atoms with Crippen molar-refractivity contribution in [2.75, 3.05) is 0 Å². The lowest BCUT2D eigenvalue weighted by atomic mass is 10.1. The van der Waals surface area contributed by atoms with Crippen LogP contribution >= 0.6 is 11.6 Å². The van der Waals surface area contributed by atoms with Gasteiger partial charge in [0.05, 0.1) is 0 Å². The third-order valence-corrected chi connectivity index (χ3v) is 1.70. The molecule has 0 aliphatic carbocycles. The standard InChI is InChI=1S/C8H7ClF2O/c9-6-3-1-5(2-4-6)7(12)8(10)11/h1-4,7-8,12H. The van der Waals surface area contributed by atoms with E-state index in [4.69, 9.17) is 16.7 Å². The molecular formula is C8H7ClF2O. The fraction of sp³-hybridized carbons (Fsp3) is 0.250. The highest BCUT2D eigenvalue weighted by Gasteiger charge is 2.18. The maximum Gasteiger partial charge on any atom is 0.268 e. The van der Waals surface area contributed by atoms with Gasteiger partial charge in [0.25, 0.3) is 6.43 Å². The van der Waals surface area contributed by atoms with E-state index in [1.165, 1.54) is 24.3 Å². The quantitative estimate of drug-likeness (QED) is 0.764. The Bertz CT molecular complexity index is 248. The summed E-state index contributed by atoms with van der Waals surface area (Å²) in [4.78, 5) is 0. The average molecular weight is 193 g/mol. The van der Waals surface area contributed by atoms with Crippen molar-refractivity contribution >= 4 is 11.6 Å². The summed E-state index contributed by atoms with van der Waals surface area (Å²) in [6, 6.07) is 5.67. The van der Waals surface area contributed by atoms with Crippen molar-refractivity contribution in [2.45, 2.75) is 12.5 Å². The molecular weight excluding hydrogens is 186 g/mol. The summed E-state index contributed by atoms with van der Waals surface area (Å²) in [6.07, 6.45) is -4.48. The number of hydrogen-bond donors (Lipinski definition) is 1. The lowest BCUT2D eigenvalue weighted by molar-refractivity contribution is -0.00577. The molecule has 12 heavy (non-hydrogen) atoms. The molecule has 4 heteroatoms. The van der Waals surface area contributed by atoms with Gasteiger partial charge in [-0.1, -0.05) is 23.7 Å². The molecule has 0 saturated heterocycles. The Hall–Kier alpha value is -0.670. The highest BCUT2D eigenvalue weighted by Crippen LogP contribution is 2.21. The first-order valence-electron chi connectivity index (χ1n) is 3.33. The van der Waals surface area contributed by atoms with Crippen LogP contribution in [0.2, 0.25) is 5.02 Å². The van der Waals surface area contributed by atoms with E-state index < -0.39 is 12.5 Å². The first kappa shape index (κ1) is 9.42. The second-order valence-electron chi connectivity index (χ2n) is 2.33. The van der Waals surface area contributed by atoms with Crippen molar-refractivity contribution in [3.63, 3.8) is 0 Å². The summed E-state index contributed by atoms with van der Waals surface area (Å²) in [5.74, 6) is 0. The summed E-state index contributed by atoms with van der Waals surface area (Å²) >= 11 is 5.53. The number of alkyl halides is 2. The van der Waals surface area contributed by atoms with E-state index >= 15 is 0 Å². The van der Waals surface area contributed by atoms with Crippen LogP contribution in [0.25, 0.3) is 0 Å². The summed E-state index contributed by atoms with van der Waals surface area (Å²) in [5.41, 5.74) is 0.175. The Morgan fingerprint density at radius 2 is 1.67 bits per heavy atom. The van der Waals surface area contributed by atoms with Gasteiger partial charge in [-0.2, -0.15) is 0 Å². The monoisotopic (exact) mass is 192 g/mol. The summed E-state index contributed by atoms with van der Waals surface area (Å²) in [5, 5.41) is 9.35. The van der Waals surface area contributed by atoms with Gasteiger partial charge in [-0.25, -0.2) is 8.78 Å². The van der Waals surface area contributed by atoms with Crippen molar-refractivity contribution in [2.24, 2.45) is 0 Å². The van der Waals surface area contributed by atoms with E-state index in [1.54, 1.807) is 0 Å². The molecule has 1 aromatic carbocycles. The molecule has 1 aromatic rings. The normalized spacial score (nSPS) is 13.4. The third-order valence-electron chi connectivity index (χ3n) is 1.45. The molecule has 0 bridgehead atoms. The number of aliphatic hydroxyl groups excluding tert-OH is 1. The van der Waals surface area contributed by atoms with Crippen LogP contribution in [0, 0.1) is 0 Å². The Kier molecular flexibility index (Phi) is 3.00. The summed E-state index contributed by atoms with van der Waals surface area (Å²) in [7, 11) is 0. The average Bonchev–Trinajstić information content (AvgIpc) is 2.04. The summed E-state index contributed by atoms with van der Waals surface area (Å²) < 4.78 is 23.9. The van der Waals surface area contributed by atoms with Crippen molar-refractivity contribution in [1.82, 2.24) is 0 Å². The molecule has 0 saturated carbocycles. The van der Waals surface area contributed by atoms with E-state index in [0.717, 1.165) is 0 Å². The van der Waals surface area contributed by atoms with Crippen LogP contribution in [-0.2, 0) is 0 Å². The maximum absolute atomic E-state index is 11.9. The van der Waals surface area contributed by atoms with Crippen molar-refractivity contribution in [3.8, 4) is 0 Å². The minimum Gasteiger partial charge on any atom is -0.382 e. The van der Waals surface area contributed by atoms with Crippen LogP contribution in [-0.4, -0.2) is 11.5 Å². The fourth-order valence-electron chi connectivity index (χ4n) is 0.805. The molecule has 0 aliphatic rings. The first-order chi connectivity index (χ1) is 5.61. The molecule has 1 nitrogen and oxygen atoms in total. The van der Waals surface area contributed by atoms with Gasteiger partial charge in [0, 0.05) is 5.02 Å². The smallest absolute Gasteiger partial charge is 0.268 e. The van der Waals surface area contributed by atoms with Crippen molar-refractivity contribution < 1.29 is 13.9 Å². The lowest BCUT2D eigenvalue weighted by Crippen LogP contribution is -2.07. The van der Waals surface area contributed by atoms with Crippen LogP contribution in [0.5, 0.6) is 0 Å². The molecule has 1 unspecified atom stereocenters. The van der Waals surface area contributed by atoms with E-state index in [1.807, 2.05) is 0 Å². The number of benzene rings is 1. The molecule has 0 heterocycles. The molecule has 66 valence electrons. The Morgan fingerprint density at radius 3 is 2.08 bits per heavy atom. The Labute approximate surface area is 73.6 Å². The van der Waals surface area contributed by atoms with Gasteiger partial charge in [0.2, 0.25) is 0 Å².